The Morgan fingerprint density at radius 1 is 1.28 bits per heavy atom. The Balaban J connectivity index is 2.32. The van der Waals surface area contributed by atoms with E-state index < -0.39 is 11.8 Å². The Hall–Kier alpha value is -1.71. The molecule has 1 heterocycles. The van der Waals surface area contributed by atoms with E-state index in [2.05, 4.69) is 15.8 Å². The summed E-state index contributed by atoms with van der Waals surface area (Å²) in [5.41, 5.74) is 4.79. The van der Waals surface area contributed by atoms with Crippen LogP contribution in [0, 0.1) is 5.92 Å². The summed E-state index contributed by atoms with van der Waals surface area (Å²) in [7, 11) is 0. The molecule has 1 fully saturated rings. The average molecular weight is 358 g/mol. The van der Waals surface area contributed by atoms with Gasteiger partial charge in [0.1, 0.15) is 0 Å². The smallest absolute Gasteiger partial charge is 0.243 e. The molecular formula is C16H30N4O5. The molecule has 144 valence electrons. The molecule has 9 nitrogen and oxygen atoms in total. The zero-order chi connectivity index (χ0) is 18.5. The number of carbonyl (C=O) groups excluding carboxylic acids is 3. The summed E-state index contributed by atoms with van der Waals surface area (Å²) in [5.74, 6) is -1.25. The first-order chi connectivity index (χ1) is 12.1. The monoisotopic (exact) mass is 358 g/mol. The number of hydroxylamine groups is 2. The fraction of sp³-hybridized carbons (Fsp3) is 0.812. The van der Waals surface area contributed by atoms with E-state index in [1.165, 1.54) is 0 Å². The van der Waals surface area contributed by atoms with E-state index in [1.54, 1.807) is 0 Å². The second-order valence-corrected chi connectivity index (χ2v) is 6.16. The molecule has 0 aromatic rings. The van der Waals surface area contributed by atoms with Gasteiger partial charge in [-0.2, -0.15) is 0 Å². The lowest BCUT2D eigenvalue weighted by atomic mass is 10.0. The lowest BCUT2D eigenvalue weighted by Gasteiger charge is -2.26. The van der Waals surface area contributed by atoms with Gasteiger partial charge in [-0.25, -0.2) is 5.06 Å². The predicted octanol–water partition coefficient (Wildman–Crippen LogP) is -0.0998. The Bertz CT molecular complexity index is 415. The predicted molar refractivity (Wildman–Crippen MR) is 90.3 cm³/mol. The van der Waals surface area contributed by atoms with E-state index in [-0.39, 0.29) is 25.3 Å². The number of carbonyl (C=O) groups is 3. The maximum atomic E-state index is 12.2. The molecule has 1 atom stereocenters. The van der Waals surface area contributed by atoms with Crippen LogP contribution in [-0.4, -0.2) is 72.8 Å². The number of hydrogen-bond donors (Lipinski definition) is 3. The van der Waals surface area contributed by atoms with Crippen LogP contribution >= 0.6 is 0 Å². The lowest BCUT2D eigenvalue weighted by molar-refractivity contribution is -0.155. The highest BCUT2D eigenvalue weighted by atomic mass is 16.5. The Morgan fingerprint density at radius 2 is 2.00 bits per heavy atom. The van der Waals surface area contributed by atoms with Crippen molar-refractivity contribution >= 4 is 18.2 Å². The van der Waals surface area contributed by atoms with E-state index in [1.807, 2.05) is 6.92 Å². The molecule has 0 saturated carbocycles. The van der Waals surface area contributed by atoms with Crippen molar-refractivity contribution in [3.05, 3.63) is 0 Å². The molecule has 0 unspecified atom stereocenters. The first kappa shape index (κ1) is 21.3. The van der Waals surface area contributed by atoms with Gasteiger partial charge in [-0.15, -0.1) is 0 Å². The molecule has 1 aliphatic heterocycles. The summed E-state index contributed by atoms with van der Waals surface area (Å²) in [6, 6.07) is 0. The van der Waals surface area contributed by atoms with Crippen molar-refractivity contribution in [1.29, 1.82) is 0 Å². The number of morpholine rings is 1. The van der Waals surface area contributed by atoms with Crippen LogP contribution in [0.4, 0.5) is 0 Å². The zero-order valence-corrected chi connectivity index (χ0v) is 14.9. The normalized spacial score (nSPS) is 16.1. The number of unbranched alkanes of at least 4 members (excludes halogenated alkanes) is 2. The van der Waals surface area contributed by atoms with E-state index >= 15 is 0 Å². The average Bonchev–Trinajstić information content (AvgIpc) is 2.64. The summed E-state index contributed by atoms with van der Waals surface area (Å²) in [5, 5.41) is 9.78. The Labute approximate surface area is 148 Å². The molecule has 1 saturated heterocycles. The second-order valence-electron chi connectivity index (χ2n) is 6.16. The minimum atomic E-state index is -0.568. The van der Waals surface area contributed by atoms with Gasteiger partial charge in [-0.05, 0) is 6.42 Å². The Morgan fingerprint density at radius 3 is 2.64 bits per heavy atom. The maximum Gasteiger partial charge on any atom is 0.243 e. The van der Waals surface area contributed by atoms with Crippen LogP contribution in [-0.2, 0) is 19.1 Å². The molecule has 0 aliphatic carbocycles. The first-order valence-electron chi connectivity index (χ1n) is 8.86. The van der Waals surface area contributed by atoms with Gasteiger partial charge < -0.3 is 4.74 Å². The molecule has 9 heteroatoms. The number of rotatable bonds is 11. The molecule has 0 aromatic carbocycles. The fourth-order valence-corrected chi connectivity index (χ4v) is 2.60. The van der Waals surface area contributed by atoms with Crippen LogP contribution < -0.4 is 10.9 Å². The molecule has 0 bridgehead atoms. The summed E-state index contributed by atoms with van der Waals surface area (Å²) in [6.07, 6.45) is 3.86. The second kappa shape index (κ2) is 12.6. The first-order valence-corrected chi connectivity index (χ1v) is 8.86. The van der Waals surface area contributed by atoms with Gasteiger partial charge in [0.05, 0.1) is 25.7 Å². The van der Waals surface area contributed by atoms with Gasteiger partial charge in [0.25, 0.3) is 0 Å². The van der Waals surface area contributed by atoms with Crippen molar-refractivity contribution in [3.8, 4) is 0 Å². The van der Waals surface area contributed by atoms with Gasteiger partial charge in [0.15, 0.2) is 0 Å². The molecule has 3 amide bonds. The van der Waals surface area contributed by atoms with E-state index in [0.717, 1.165) is 32.4 Å². The van der Waals surface area contributed by atoms with Gasteiger partial charge >= 0.3 is 0 Å². The van der Waals surface area contributed by atoms with Gasteiger partial charge in [0.2, 0.25) is 18.2 Å². The van der Waals surface area contributed by atoms with Crippen molar-refractivity contribution in [2.45, 2.75) is 39.0 Å². The number of hydrogen-bond acceptors (Lipinski definition) is 6. The summed E-state index contributed by atoms with van der Waals surface area (Å²) in [6.45, 7) is 5.52. The Kier molecular flexibility index (Phi) is 10.8. The standard InChI is InChI=1S/C16H30N4O5/c1-2-3-4-5-14(12-20(24)13-21)16(23)18-17-15(22)6-7-19-8-10-25-11-9-19/h13-14,24H,2-12H2,1H3,(H,17,22)(H,18,23)/t14-/m1/s1. The highest BCUT2D eigenvalue weighted by molar-refractivity contribution is 5.83. The SMILES string of the molecule is CCCCC[C@H](CN(O)C=O)C(=O)NNC(=O)CCN1CCOCC1. The van der Waals surface area contributed by atoms with Crippen molar-refractivity contribution in [3.63, 3.8) is 0 Å². The van der Waals surface area contributed by atoms with Crippen molar-refractivity contribution in [2.75, 3.05) is 39.4 Å². The minimum absolute atomic E-state index is 0.0945. The number of ether oxygens (including phenoxy) is 1. The summed E-state index contributed by atoms with van der Waals surface area (Å²) in [4.78, 5) is 36.7. The largest absolute Gasteiger partial charge is 0.379 e. The van der Waals surface area contributed by atoms with Crippen molar-refractivity contribution < 1.29 is 24.3 Å². The highest BCUT2D eigenvalue weighted by Gasteiger charge is 2.21. The van der Waals surface area contributed by atoms with Gasteiger partial charge in [0, 0.05) is 26.1 Å². The molecule has 0 spiro atoms. The van der Waals surface area contributed by atoms with Gasteiger partial charge in [-0.3, -0.25) is 35.3 Å². The van der Waals surface area contributed by atoms with Crippen LogP contribution in [0.15, 0.2) is 0 Å². The highest BCUT2D eigenvalue weighted by Crippen LogP contribution is 2.11. The van der Waals surface area contributed by atoms with E-state index in [4.69, 9.17) is 4.74 Å². The van der Waals surface area contributed by atoms with Crippen LogP contribution in [0.3, 0.4) is 0 Å². The topological polar surface area (TPSA) is 111 Å². The summed E-state index contributed by atoms with van der Waals surface area (Å²) >= 11 is 0. The van der Waals surface area contributed by atoms with Crippen LogP contribution in [0.2, 0.25) is 0 Å². The maximum absolute atomic E-state index is 12.2. The molecule has 0 radical (unpaired) electrons. The molecular weight excluding hydrogens is 328 g/mol. The summed E-state index contributed by atoms with van der Waals surface area (Å²) < 4.78 is 5.24. The molecule has 0 aromatic heterocycles. The molecule has 25 heavy (non-hydrogen) atoms. The van der Waals surface area contributed by atoms with Crippen molar-refractivity contribution in [2.24, 2.45) is 5.92 Å². The van der Waals surface area contributed by atoms with Gasteiger partial charge in [-0.1, -0.05) is 26.2 Å². The lowest BCUT2D eigenvalue weighted by Crippen LogP contribution is -2.47. The molecule has 3 N–H and O–H groups in total. The van der Waals surface area contributed by atoms with Crippen LogP contribution in [0.5, 0.6) is 0 Å². The van der Waals surface area contributed by atoms with Crippen molar-refractivity contribution in [1.82, 2.24) is 20.8 Å². The zero-order valence-electron chi connectivity index (χ0n) is 14.9. The molecule has 1 rings (SSSR count). The number of amides is 3. The quantitative estimate of drug-likeness (QED) is 0.206. The third kappa shape index (κ3) is 9.37. The fourth-order valence-electron chi connectivity index (χ4n) is 2.60. The third-order valence-electron chi connectivity index (χ3n) is 4.14. The van der Waals surface area contributed by atoms with Crippen LogP contribution in [0.25, 0.3) is 0 Å². The number of nitrogens with zero attached hydrogens (tertiary/aromatic N) is 2. The minimum Gasteiger partial charge on any atom is -0.379 e. The third-order valence-corrected chi connectivity index (χ3v) is 4.14. The van der Waals surface area contributed by atoms with Crippen LogP contribution in [0.1, 0.15) is 39.0 Å². The van der Waals surface area contributed by atoms with E-state index in [0.29, 0.717) is 31.2 Å². The molecule has 1 aliphatic rings. The number of nitrogens with one attached hydrogen (secondary N) is 2. The van der Waals surface area contributed by atoms with E-state index in [9.17, 15) is 19.6 Å². The number of hydrazine groups is 1.